The van der Waals surface area contributed by atoms with Crippen molar-refractivity contribution in [2.45, 2.75) is 57.8 Å². The summed E-state index contributed by atoms with van der Waals surface area (Å²) in [7, 11) is 0. The summed E-state index contributed by atoms with van der Waals surface area (Å²) < 4.78 is 0. The van der Waals surface area contributed by atoms with Gasteiger partial charge in [0.1, 0.15) is 0 Å². The van der Waals surface area contributed by atoms with Crippen LogP contribution in [-0.2, 0) is 0 Å². The van der Waals surface area contributed by atoms with Crippen molar-refractivity contribution in [1.82, 2.24) is 30.2 Å². The molecule has 0 aromatic carbocycles. The van der Waals surface area contributed by atoms with Crippen LogP contribution in [0.1, 0.15) is 57.8 Å². The quantitative estimate of drug-likeness (QED) is 0.178. The van der Waals surface area contributed by atoms with Gasteiger partial charge in [-0.15, -0.1) is 0 Å². The first-order chi connectivity index (χ1) is 15.4. The third kappa shape index (κ3) is 15.3. The van der Waals surface area contributed by atoms with E-state index in [-0.39, 0.29) is 0 Å². The molecule has 3 heterocycles. The molecule has 0 atom stereocenters. The Hall–Kier alpha value is -0.240. The Morgan fingerprint density at radius 1 is 0.419 bits per heavy atom. The predicted molar refractivity (Wildman–Crippen MR) is 133 cm³/mol. The highest BCUT2D eigenvalue weighted by molar-refractivity contribution is 4.73. The normalized spacial score (nSPS) is 18.9. The third-order valence-corrected chi connectivity index (χ3v) is 6.91. The molecule has 0 aliphatic carbocycles. The highest BCUT2D eigenvalue weighted by atomic mass is 15.3. The van der Waals surface area contributed by atoms with Crippen molar-refractivity contribution in [3.8, 4) is 0 Å². The minimum absolute atomic E-state index is 1.16. The Morgan fingerprint density at radius 2 is 0.871 bits per heavy atom. The van der Waals surface area contributed by atoms with Crippen LogP contribution in [0.2, 0.25) is 0 Å². The standard InChI is InChI=1S/C25H52N6/c1(3-6-15-29-20-21-29)2-5-14-28(19-13-27-12-9-18-31-24-25-31)16-7-4-10-26-11-8-17-30-22-23-30/h26-27H,1-25H2. The first-order valence-electron chi connectivity index (χ1n) is 13.7. The molecule has 2 N–H and O–H groups in total. The fraction of sp³-hybridized carbons (Fsp3) is 1.00. The molecular formula is C25H52N6. The summed E-state index contributed by atoms with van der Waals surface area (Å²) in [5, 5.41) is 7.33. The average Bonchev–Trinajstić information content (AvgIpc) is 3.62. The zero-order valence-electron chi connectivity index (χ0n) is 20.5. The molecule has 3 aliphatic rings. The summed E-state index contributed by atoms with van der Waals surface area (Å²) in [5.41, 5.74) is 0. The van der Waals surface area contributed by atoms with Crippen molar-refractivity contribution in [3.63, 3.8) is 0 Å². The number of nitrogens with zero attached hydrogens (tertiary/aromatic N) is 4. The molecule has 3 fully saturated rings. The summed E-state index contributed by atoms with van der Waals surface area (Å²) in [4.78, 5) is 10.3. The lowest BCUT2D eigenvalue weighted by atomic mass is 10.1. The molecule has 0 saturated carbocycles. The molecule has 0 aromatic rings. The minimum Gasteiger partial charge on any atom is -0.317 e. The van der Waals surface area contributed by atoms with E-state index in [0.29, 0.717) is 0 Å². The maximum Gasteiger partial charge on any atom is 0.0110 e. The van der Waals surface area contributed by atoms with E-state index >= 15 is 0 Å². The van der Waals surface area contributed by atoms with E-state index in [0.717, 1.165) is 6.54 Å². The van der Waals surface area contributed by atoms with E-state index < -0.39 is 0 Å². The summed E-state index contributed by atoms with van der Waals surface area (Å²) >= 11 is 0. The van der Waals surface area contributed by atoms with Gasteiger partial charge in [0.25, 0.3) is 0 Å². The molecule has 3 rings (SSSR count). The molecule has 0 bridgehead atoms. The van der Waals surface area contributed by atoms with Crippen LogP contribution in [0.4, 0.5) is 0 Å². The molecule has 182 valence electrons. The maximum absolute atomic E-state index is 3.68. The fourth-order valence-corrected chi connectivity index (χ4v) is 4.35. The first-order valence-corrected chi connectivity index (χ1v) is 13.7. The minimum atomic E-state index is 1.16. The van der Waals surface area contributed by atoms with Gasteiger partial charge in [-0.05, 0) is 90.9 Å². The molecule has 3 saturated heterocycles. The van der Waals surface area contributed by atoms with Crippen molar-refractivity contribution in [1.29, 1.82) is 0 Å². The second kappa shape index (κ2) is 16.4. The predicted octanol–water partition coefficient (Wildman–Crippen LogP) is 1.93. The SMILES string of the molecule is C(CCCN(CCCCNCCCN1CC1)CCNCCCN1CC1)CCCN1CC1. The van der Waals surface area contributed by atoms with Crippen LogP contribution in [0, 0.1) is 0 Å². The molecule has 0 spiro atoms. The van der Waals surface area contributed by atoms with Crippen molar-refractivity contribution < 1.29 is 0 Å². The van der Waals surface area contributed by atoms with E-state index in [1.807, 2.05) is 0 Å². The molecule has 31 heavy (non-hydrogen) atoms. The largest absolute Gasteiger partial charge is 0.317 e. The lowest BCUT2D eigenvalue weighted by Crippen LogP contribution is -2.34. The van der Waals surface area contributed by atoms with Gasteiger partial charge >= 0.3 is 0 Å². The fourth-order valence-electron chi connectivity index (χ4n) is 4.35. The van der Waals surface area contributed by atoms with Gasteiger partial charge in [0.2, 0.25) is 0 Å². The molecule has 0 unspecified atom stereocenters. The molecule has 6 heteroatoms. The zero-order chi connectivity index (χ0) is 21.4. The van der Waals surface area contributed by atoms with Crippen LogP contribution < -0.4 is 10.6 Å². The molecule has 0 radical (unpaired) electrons. The van der Waals surface area contributed by atoms with Gasteiger partial charge in [-0.1, -0.05) is 19.3 Å². The number of nitrogens with one attached hydrogen (secondary N) is 2. The molecule has 0 aromatic heterocycles. The van der Waals surface area contributed by atoms with Crippen molar-refractivity contribution in [2.24, 2.45) is 0 Å². The van der Waals surface area contributed by atoms with Crippen molar-refractivity contribution in [3.05, 3.63) is 0 Å². The second-order valence-corrected chi connectivity index (χ2v) is 10.0. The highest BCUT2D eigenvalue weighted by Gasteiger charge is 2.16. The Labute approximate surface area is 193 Å². The van der Waals surface area contributed by atoms with Gasteiger partial charge in [-0.2, -0.15) is 0 Å². The Bertz CT molecular complexity index is 422. The lowest BCUT2D eigenvalue weighted by molar-refractivity contribution is 0.260. The third-order valence-electron chi connectivity index (χ3n) is 6.91. The number of rotatable bonds is 24. The maximum atomic E-state index is 3.68. The molecular weight excluding hydrogens is 384 g/mol. The van der Waals surface area contributed by atoms with Gasteiger partial charge in [-0.25, -0.2) is 0 Å². The van der Waals surface area contributed by atoms with Crippen LogP contribution in [-0.4, -0.2) is 124 Å². The summed E-state index contributed by atoms with van der Waals surface area (Å²) in [6.07, 6.45) is 12.3. The molecule has 0 amide bonds. The number of unbranched alkanes of at least 4 members (excludes halogenated alkanes) is 5. The van der Waals surface area contributed by atoms with Gasteiger partial charge in [-0.3, -0.25) is 0 Å². The van der Waals surface area contributed by atoms with Crippen LogP contribution in [0.15, 0.2) is 0 Å². The van der Waals surface area contributed by atoms with Gasteiger partial charge < -0.3 is 30.2 Å². The molecule has 3 aliphatic heterocycles. The zero-order valence-corrected chi connectivity index (χ0v) is 20.5. The van der Waals surface area contributed by atoms with Crippen molar-refractivity contribution >= 4 is 0 Å². The van der Waals surface area contributed by atoms with Crippen LogP contribution in [0.5, 0.6) is 0 Å². The van der Waals surface area contributed by atoms with E-state index in [1.54, 1.807) is 0 Å². The van der Waals surface area contributed by atoms with Gasteiger partial charge in [0, 0.05) is 52.4 Å². The number of hydrogen-bond acceptors (Lipinski definition) is 6. The summed E-state index contributed by atoms with van der Waals surface area (Å²) in [6.45, 7) is 20.5. The summed E-state index contributed by atoms with van der Waals surface area (Å²) in [6, 6.07) is 0. The van der Waals surface area contributed by atoms with Crippen LogP contribution >= 0.6 is 0 Å². The average molecular weight is 437 g/mol. The highest BCUT2D eigenvalue weighted by Crippen LogP contribution is 2.09. The van der Waals surface area contributed by atoms with Gasteiger partial charge in [0.15, 0.2) is 0 Å². The first kappa shape index (κ1) is 25.4. The Balaban J connectivity index is 1.14. The number of hydrogen-bond donors (Lipinski definition) is 2. The van der Waals surface area contributed by atoms with E-state index in [2.05, 4.69) is 30.2 Å². The molecule has 6 nitrogen and oxygen atoms in total. The monoisotopic (exact) mass is 436 g/mol. The van der Waals surface area contributed by atoms with Crippen molar-refractivity contribution in [2.75, 3.05) is 105 Å². The van der Waals surface area contributed by atoms with Gasteiger partial charge in [0.05, 0.1) is 0 Å². The van der Waals surface area contributed by atoms with Crippen LogP contribution in [0.3, 0.4) is 0 Å². The van der Waals surface area contributed by atoms with Crippen LogP contribution in [0.25, 0.3) is 0 Å². The second-order valence-electron chi connectivity index (χ2n) is 10.0. The summed E-state index contributed by atoms with van der Waals surface area (Å²) in [5.74, 6) is 0. The smallest absolute Gasteiger partial charge is 0.0110 e. The topological polar surface area (TPSA) is 36.3 Å². The lowest BCUT2D eigenvalue weighted by Gasteiger charge is -2.22. The van der Waals surface area contributed by atoms with E-state index in [1.165, 1.54) is 156 Å². The van der Waals surface area contributed by atoms with E-state index in [9.17, 15) is 0 Å². The Morgan fingerprint density at radius 3 is 1.48 bits per heavy atom. The van der Waals surface area contributed by atoms with E-state index in [4.69, 9.17) is 0 Å². The Kier molecular flexibility index (Phi) is 13.4.